The lowest BCUT2D eigenvalue weighted by Crippen LogP contribution is -2.49. The van der Waals surface area contributed by atoms with Crippen molar-refractivity contribution in [3.8, 4) is 17.5 Å². The Labute approximate surface area is 153 Å². The van der Waals surface area contributed by atoms with Crippen molar-refractivity contribution in [2.24, 2.45) is 5.92 Å². The molecule has 1 heterocycles. The molecule has 0 spiro atoms. The maximum atomic E-state index is 12.1. The minimum atomic E-state index is -0.876. The van der Waals surface area contributed by atoms with Crippen LogP contribution in [-0.4, -0.2) is 32.4 Å². The first-order chi connectivity index (χ1) is 11.3. The van der Waals surface area contributed by atoms with Crippen LogP contribution in [0.5, 0.6) is 0 Å². The second kappa shape index (κ2) is 7.81. The number of H-pyrrole nitrogens is 1. The number of halogens is 1. The van der Waals surface area contributed by atoms with E-state index >= 15 is 0 Å². The minimum Gasteiger partial charge on any atom is -0.337 e. The van der Waals surface area contributed by atoms with Gasteiger partial charge in [0.2, 0.25) is 11.1 Å². The van der Waals surface area contributed by atoms with Crippen LogP contribution >= 0.6 is 27.7 Å². The van der Waals surface area contributed by atoms with E-state index < -0.39 is 5.54 Å². The normalized spacial score (nSPS) is 13.3. The summed E-state index contributed by atoms with van der Waals surface area (Å²) < 4.78 is 0.989. The zero-order valence-corrected chi connectivity index (χ0v) is 16.0. The van der Waals surface area contributed by atoms with Gasteiger partial charge in [-0.05, 0) is 25.0 Å². The molecule has 2 aromatic rings. The Morgan fingerprint density at radius 3 is 2.71 bits per heavy atom. The molecule has 1 atom stereocenters. The number of aromatic amines is 1. The number of nitrogens with one attached hydrogen (secondary N) is 2. The molecule has 24 heavy (non-hydrogen) atoms. The fourth-order valence-corrected chi connectivity index (χ4v) is 2.67. The van der Waals surface area contributed by atoms with E-state index in [1.165, 1.54) is 11.8 Å². The van der Waals surface area contributed by atoms with Crippen molar-refractivity contribution in [1.29, 1.82) is 5.26 Å². The van der Waals surface area contributed by atoms with Gasteiger partial charge in [0.15, 0.2) is 5.82 Å². The van der Waals surface area contributed by atoms with Gasteiger partial charge < -0.3 is 5.32 Å². The van der Waals surface area contributed by atoms with Gasteiger partial charge in [-0.25, -0.2) is 4.98 Å². The fourth-order valence-electron chi connectivity index (χ4n) is 1.81. The molecule has 0 fully saturated rings. The number of benzene rings is 1. The van der Waals surface area contributed by atoms with E-state index in [9.17, 15) is 10.1 Å². The highest BCUT2D eigenvalue weighted by Gasteiger charge is 2.29. The van der Waals surface area contributed by atoms with Gasteiger partial charge in [-0.15, -0.1) is 5.10 Å². The van der Waals surface area contributed by atoms with E-state index in [-0.39, 0.29) is 17.6 Å². The zero-order chi connectivity index (χ0) is 17.7. The lowest BCUT2D eigenvalue weighted by atomic mass is 9.90. The van der Waals surface area contributed by atoms with Crippen LogP contribution in [0.15, 0.2) is 33.9 Å². The van der Waals surface area contributed by atoms with Crippen LogP contribution in [0.2, 0.25) is 0 Å². The molecule has 2 N–H and O–H groups in total. The smallest absolute Gasteiger partial charge is 0.231 e. The highest BCUT2D eigenvalue weighted by molar-refractivity contribution is 9.10. The molecule has 1 amide bonds. The van der Waals surface area contributed by atoms with Gasteiger partial charge in [0.1, 0.15) is 5.54 Å². The van der Waals surface area contributed by atoms with Gasteiger partial charge >= 0.3 is 0 Å². The Morgan fingerprint density at radius 1 is 1.46 bits per heavy atom. The molecular weight excluding hydrogens is 390 g/mol. The molecule has 0 saturated carbocycles. The molecule has 6 nitrogen and oxygen atoms in total. The molecular formula is C16H18BrN5OS. The van der Waals surface area contributed by atoms with E-state index in [0.29, 0.717) is 11.0 Å². The Kier molecular flexibility index (Phi) is 6.02. The molecule has 1 aromatic carbocycles. The van der Waals surface area contributed by atoms with Gasteiger partial charge in [0.05, 0.1) is 11.8 Å². The van der Waals surface area contributed by atoms with E-state index in [1.807, 2.05) is 38.1 Å². The van der Waals surface area contributed by atoms with E-state index in [4.69, 9.17) is 0 Å². The number of rotatable bonds is 6. The van der Waals surface area contributed by atoms with Crippen molar-refractivity contribution >= 4 is 33.6 Å². The van der Waals surface area contributed by atoms with Crippen molar-refractivity contribution in [2.75, 3.05) is 5.75 Å². The molecule has 8 heteroatoms. The average molecular weight is 408 g/mol. The largest absolute Gasteiger partial charge is 0.337 e. The van der Waals surface area contributed by atoms with Crippen molar-refractivity contribution in [1.82, 2.24) is 20.5 Å². The summed E-state index contributed by atoms with van der Waals surface area (Å²) in [5, 5.41) is 19.5. The summed E-state index contributed by atoms with van der Waals surface area (Å²) in [6, 6.07) is 9.85. The zero-order valence-electron chi connectivity index (χ0n) is 13.6. The number of carbonyl (C=O) groups is 1. The number of carbonyl (C=O) groups excluding carboxylic acids is 1. The molecule has 126 valence electrons. The van der Waals surface area contributed by atoms with Crippen LogP contribution in [0.4, 0.5) is 0 Å². The standard InChI is InChI=1S/C16H18BrN5OS/c1-10(2)16(3,9-18)20-13(23)8-24-15-19-14(21-22-15)11-4-6-12(17)7-5-11/h4-7,10H,8H2,1-3H3,(H,20,23)(H,19,21,22). The van der Waals surface area contributed by atoms with Crippen LogP contribution in [-0.2, 0) is 4.79 Å². The Balaban J connectivity index is 1.95. The predicted octanol–water partition coefficient (Wildman–Crippen LogP) is 3.38. The molecule has 0 aliphatic rings. The number of nitriles is 1. The third-order valence-electron chi connectivity index (χ3n) is 3.70. The van der Waals surface area contributed by atoms with E-state index in [0.717, 1.165) is 10.0 Å². The van der Waals surface area contributed by atoms with Crippen LogP contribution < -0.4 is 5.32 Å². The van der Waals surface area contributed by atoms with Gasteiger partial charge in [0, 0.05) is 10.0 Å². The first kappa shape index (κ1) is 18.5. The highest BCUT2D eigenvalue weighted by Crippen LogP contribution is 2.21. The Morgan fingerprint density at radius 2 is 2.12 bits per heavy atom. The number of aromatic nitrogens is 3. The molecule has 0 aliphatic heterocycles. The van der Waals surface area contributed by atoms with Gasteiger partial charge in [-0.1, -0.05) is 53.7 Å². The molecule has 0 radical (unpaired) electrons. The molecule has 0 saturated heterocycles. The summed E-state index contributed by atoms with van der Waals surface area (Å²) in [5.74, 6) is 0.605. The van der Waals surface area contributed by atoms with Crippen LogP contribution in [0.1, 0.15) is 20.8 Å². The van der Waals surface area contributed by atoms with E-state index in [2.05, 4.69) is 42.5 Å². The van der Waals surface area contributed by atoms with Crippen molar-refractivity contribution in [3.63, 3.8) is 0 Å². The number of hydrogen-bond acceptors (Lipinski definition) is 5. The lowest BCUT2D eigenvalue weighted by Gasteiger charge is -2.27. The Hall–Kier alpha value is -1.85. The molecule has 1 aromatic heterocycles. The van der Waals surface area contributed by atoms with Crippen LogP contribution in [0.3, 0.4) is 0 Å². The van der Waals surface area contributed by atoms with Gasteiger partial charge in [-0.2, -0.15) is 5.26 Å². The third-order valence-corrected chi connectivity index (χ3v) is 5.08. The number of hydrogen-bond donors (Lipinski definition) is 2. The second-order valence-corrected chi connectivity index (χ2v) is 7.64. The number of nitrogens with zero attached hydrogens (tertiary/aromatic N) is 3. The van der Waals surface area contributed by atoms with Gasteiger partial charge in [-0.3, -0.25) is 9.89 Å². The summed E-state index contributed by atoms with van der Waals surface area (Å²) in [4.78, 5) is 16.4. The summed E-state index contributed by atoms with van der Waals surface area (Å²) in [6.45, 7) is 5.52. The van der Waals surface area contributed by atoms with Crippen molar-refractivity contribution in [3.05, 3.63) is 28.7 Å². The Bertz CT molecular complexity index is 753. The quantitative estimate of drug-likeness (QED) is 0.715. The van der Waals surface area contributed by atoms with Crippen molar-refractivity contribution in [2.45, 2.75) is 31.5 Å². The minimum absolute atomic E-state index is 0.0176. The SMILES string of the molecule is CC(C)C(C)(C#N)NC(=O)CSc1n[nH]c(-c2ccc(Br)cc2)n1. The van der Waals surface area contributed by atoms with Gasteiger partial charge in [0.25, 0.3) is 0 Å². The third kappa shape index (κ3) is 4.58. The first-order valence-electron chi connectivity index (χ1n) is 7.37. The summed E-state index contributed by atoms with van der Waals surface area (Å²) in [7, 11) is 0. The van der Waals surface area contributed by atoms with Crippen LogP contribution in [0, 0.1) is 17.2 Å². The summed E-state index contributed by atoms with van der Waals surface area (Å²) in [6.07, 6.45) is 0. The first-order valence-corrected chi connectivity index (χ1v) is 9.15. The maximum Gasteiger partial charge on any atom is 0.231 e. The molecule has 1 unspecified atom stereocenters. The lowest BCUT2D eigenvalue weighted by molar-refractivity contribution is -0.120. The fraction of sp³-hybridized carbons (Fsp3) is 0.375. The van der Waals surface area contributed by atoms with Crippen molar-refractivity contribution < 1.29 is 4.79 Å². The number of thioether (sulfide) groups is 1. The maximum absolute atomic E-state index is 12.1. The molecule has 0 aliphatic carbocycles. The summed E-state index contributed by atoms with van der Waals surface area (Å²) in [5.41, 5.74) is 0.0399. The molecule has 0 bridgehead atoms. The summed E-state index contributed by atoms with van der Waals surface area (Å²) >= 11 is 4.61. The number of amides is 1. The predicted molar refractivity (Wildman–Crippen MR) is 97.2 cm³/mol. The topological polar surface area (TPSA) is 94.5 Å². The highest BCUT2D eigenvalue weighted by atomic mass is 79.9. The van der Waals surface area contributed by atoms with Crippen LogP contribution in [0.25, 0.3) is 11.4 Å². The molecule has 2 rings (SSSR count). The van der Waals surface area contributed by atoms with E-state index in [1.54, 1.807) is 6.92 Å². The second-order valence-electron chi connectivity index (χ2n) is 5.78. The average Bonchev–Trinajstić information content (AvgIpc) is 3.02. The monoisotopic (exact) mass is 407 g/mol.